The molecular weight excluding hydrogens is 254 g/mol. The van der Waals surface area contributed by atoms with Crippen molar-refractivity contribution in [2.24, 2.45) is 0 Å². The van der Waals surface area contributed by atoms with Gasteiger partial charge in [0.15, 0.2) is 11.6 Å². The summed E-state index contributed by atoms with van der Waals surface area (Å²) in [7, 11) is 1.18. The lowest BCUT2D eigenvalue weighted by molar-refractivity contribution is 0.0601. The number of hydrogen-bond acceptors (Lipinski definition) is 4. The van der Waals surface area contributed by atoms with Crippen molar-refractivity contribution < 1.29 is 18.3 Å². The van der Waals surface area contributed by atoms with E-state index in [0.717, 1.165) is 6.07 Å². The summed E-state index contributed by atoms with van der Waals surface area (Å²) in [6.45, 7) is 0. The van der Waals surface area contributed by atoms with Gasteiger partial charge in [0.1, 0.15) is 0 Å². The van der Waals surface area contributed by atoms with Crippen molar-refractivity contribution in [3.05, 3.63) is 47.7 Å². The van der Waals surface area contributed by atoms with Crippen molar-refractivity contribution in [1.29, 1.82) is 0 Å². The van der Waals surface area contributed by atoms with Gasteiger partial charge in [-0.1, -0.05) is 6.07 Å². The van der Waals surface area contributed by atoms with Gasteiger partial charge in [-0.2, -0.15) is 0 Å². The number of halogens is 2. The summed E-state index contributed by atoms with van der Waals surface area (Å²) in [6.07, 6.45) is 1.26. The molecule has 0 fully saturated rings. The number of pyridine rings is 1. The number of aromatic nitrogens is 1. The van der Waals surface area contributed by atoms with Crippen LogP contribution in [0.2, 0.25) is 0 Å². The van der Waals surface area contributed by atoms with Crippen LogP contribution in [0.3, 0.4) is 0 Å². The molecule has 2 rings (SSSR count). The molecule has 1 aromatic carbocycles. The molecule has 0 saturated carbocycles. The predicted molar refractivity (Wildman–Crippen MR) is 65.3 cm³/mol. The van der Waals surface area contributed by atoms with Crippen molar-refractivity contribution >= 4 is 11.7 Å². The van der Waals surface area contributed by atoms with E-state index in [-0.39, 0.29) is 22.5 Å². The van der Waals surface area contributed by atoms with E-state index in [4.69, 9.17) is 5.73 Å². The molecule has 0 aliphatic heterocycles. The molecule has 19 heavy (non-hydrogen) atoms. The van der Waals surface area contributed by atoms with Gasteiger partial charge in [-0.3, -0.25) is 4.98 Å². The average molecular weight is 264 g/mol. The maximum Gasteiger partial charge on any atom is 0.340 e. The third-order valence-corrected chi connectivity index (χ3v) is 2.52. The Balaban J connectivity index is 2.68. The molecule has 0 amide bonds. The zero-order valence-corrected chi connectivity index (χ0v) is 9.98. The SMILES string of the molecule is COC(=O)c1cc(N)cnc1-c1cccc(F)c1F. The standard InChI is InChI=1S/C13H10F2N2O2/c1-19-13(18)9-5-7(16)6-17-12(9)8-3-2-4-10(14)11(8)15/h2-6H,16H2,1H3. The average Bonchev–Trinajstić information content (AvgIpc) is 2.41. The fourth-order valence-electron chi connectivity index (χ4n) is 1.65. The van der Waals surface area contributed by atoms with Crippen LogP contribution in [0.4, 0.5) is 14.5 Å². The number of methoxy groups -OCH3 is 1. The summed E-state index contributed by atoms with van der Waals surface area (Å²) in [5.41, 5.74) is 5.59. The summed E-state index contributed by atoms with van der Waals surface area (Å²) < 4.78 is 31.5. The van der Waals surface area contributed by atoms with Gasteiger partial charge in [-0.05, 0) is 18.2 Å². The first-order valence-electron chi connectivity index (χ1n) is 5.32. The third-order valence-electron chi connectivity index (χ3n) is 2.52. The summed E-state index contributed by atoms with van der Waals surface area (Å²) in [5.74, 6) is -2.82. The molecular formula is C13H10F2N2O2. The van der Waals surface area contributed by atoms with Crippen LogP contribution in [0, 0.1) is 11.6 Å². The minimum atomic E-state index is -1.08. The Bertz CT molecular complexity index is 645. The van der Waals surface area contributed by atoms with Crippen molar-refractivity contribution in [3.63, 3.8) is 0 Å². The van der Waals surface area contributed by atoms with E-state index < -0.39 is 17.6 Å². The second kappa shape index (κ2) is 5.01. The zero-order chi connectivity index (χ0) is 14.0. The van der Waals surface area contributed by atoms with Crippen molar-refractivity contribution in [2.45, 2.75) is 0 Å². The highest BCUT2D eigenvalue weighted by atomic mass is 19.2. The summed E-state index contributed by atoms with van der Waals surface area (Å²) >= 11 is 0. The van der Waals surface area contributed by atoms with Crippen LogP contribution in [-0.4, -0.2) is 18.1 Å². The lowest BCUT2D eigenvalue weighted by Crippen LogP contribution is -2.07. The van der Waals surface area contributed by atoms with Gasteiger partial charge in [-0.25, -0.2) is 13.6 Å². The first-order valence-corrected chi connectivity index (χ1v) is 5.32. The van der Waals surface area contributed by atoms with Gasteiger partial charge < -0.3 is 10.5 Å². The van der Waals surface area contributed by atoms with Crippen LogP contribution < -0.4 is 5.73 Å². The molecule has 4 nitrogen and oxygen atoms in total. The first-order chi connectivity index (χ1) is 9.04. The molecule has 0 aliphatic rings. The molecule has 0 bridgehead atoms. The van der Waals surface area contributed by atoms with Gasteiger partial charge in [0, 0.05) is 5.56 Å². The lowest BCUT2D eigenvalue weighted by Gasteiger charge is -2.09. The highest BCUT2D eigenvalue weighted by molar-refractivity contribution is 5.97. The topological polar surface area (TPSA) is 65.2 Å². The maximum absolute atomic E-state index is 13.7. The quantitative estimate of drug-likeness (QED) is 0.846. The monoisotopic (exact) mass is 264 g/mol. The molecule has 0 radical (unpaired) electrons. The molecule has 0 aliphatic carbocycles. The van der Waals surface area contributed by atoms with Gasteiger partial charge in [-0.15, -0.1) is 0 Å². The number of nitrogens with zero attached hydrogens (tertiary/aromatic N) is 1. The van der Waals surface area contributed by atoms with Gasteiger partial charge >= 0.3 is 5.97 Å². The van der Waals surface area contributed by atoms with Crippen LogP contribution in [0.25, 0.3) is 11.3 Å². The van der Waals surface area contributed by atoms with E-state index in [2.05, 4.69) is 9.72 Å². The Morgan fingerprint density at radius 2 is 2.11 bits per heavy atom. The van der Waals surface area contributed by atoms with Gasteiger partial charge in [0.2, 0.25) is 0 Å². The highest BCUT2D eigenvalue weighted by Crippen LogP contribution is 2.27. The Morgan fingerprint density at radius 3 is 2.79 bits per heavy atom. The molecule has 2 aromatic rings. The summed E-state index contributed by atoms with van der Waals surface area (Å²) in [4.78, 5) is 15.5. The van der Waals surface area contributed by atoms with Crippen molar-refractivity contribution in [3.8, 4) is 11.3 Å². The van der Waals surface area contributed by atoms with Crippen LogP contribution in [0.5, 0.6) is 0 Å². The number of benzene rings is 1. The fourth-order valence-corrected chi connectivity index (χ4v) is 1.65. The molecule has 98 valence electrons. The minimum absolute atomic E-state index is 0.0157. The molecule has 6 heteroatoms. The Kier molecular flexibility index (Phi) is 3.41. The number of carbonyl (C=O) groups is 1. The van der Waals surface area contributed by atoms with E-state index in [1.54, 1.807) is 0 Å². The van der Waals surface area contributed by atoms with E-state index in [0.29, 0.717) is 0 Å². The summed E-state index contributed by atoms with van der Waals surface area (Å²) in [5, 5.41) is 0. The van der Waals surface area contributed by atoms with Crippen LogP contribution in [0.1, 0.15) is 10.4 Å². The fraction of sp³-hybridized carbons (Fsp3) is 0.0769. The maximum atomic E-state index is 13.7. The predicted octanol–water partition coefficient (Wildman–Crippen LogP) is 2.40. The second-order valence-electron chi connectivity index (χ2n) is 3.76. The Hall–Kier alpha value is -2.50. The van der Waals surface area contributed by atoms with Crippen LogP contribution in [-0.2, 0) is 4.74 Å². The second-order valence-corrected chi connectivity index (χ2v) is 3.76. The number of hydrogen-bond donors (Lipinski definition) is 1. The number of nitrogens with two attached hydrogens (primary N) is 1. The molecule has 1 heterocycles. The molecule has 2 N–H and O–H groups in total. The number of anilines is 1. The van der Waals surface area contributed by atoms with Gasteiger partial charge in [0.05, 0.1) is 30.3 Å². The minimum Gasteiger partial charge on any atom is -0.465 e. The molecule has 0 atom stereocenters. The van der Waals surface area contributed by atoms with Crippen LogP contribution >= 0.6 is 0 Å². The van der Waals surface area contributed by atoms with E-state index >= 15 is 0 Å². The smallest absolute Gasteiger partial charge is 0.340 e. The largest absolute Gasteiger partial charge is 0.465 e. The van der Waals surface area contributed by atoms with Crippen LogP contribution in [0.15, 0.2) is 30.5 Å². The number of nitrogen functional groups attached to an aromatic ring is 1. The number of ether oxygens (including phenoxy) is 1. The molecule has 1 aromatic heterocycles. The number of rotatable bonds is 2. The molecule has 0 unspecified atom stereocenters. The zero-order valence-electron chi connectivity index (χ0n) is 9.98. The van der Waals surface area contributed by atoms with Crippen molar-refractivity contribution in [2.75, 3.05) is 12.8 Å². The van der Waals surface area contributed by atoms with Gasteiger partial charge in [0.25, 0.3) is 0 Å². The number of esters is 1. The normalized spacial score (nSPS) is 10.3. The van der Waals surface area contributed by atoms with Crippen molar-refractivity contribution in [1.82, 2.24) is 4.98 Å². The summed E-state index contributed by atoms with van der Waals surface area (Å²) in [6, 6.07) is 4.93. The first kappa shape index (κ1) is 12.9. The third kappa shape index (κ3) is 2.37. The lowest BCUT2D eigenvalue weighted by atomic mass is 10.0. The number of carbonyl (C=O) groups excluding carboxylic acids is 1. The molecule has 0 saturated heterocycles. The molecule has 0 spiro atoms. The highest BCUT2D eigenvalue weighted by Gasteiger charge is 2.19. The Morgan fingerprint density at radius 1 is 1.37 bits per heavy atom. The van der Waals surface area contributed by atoms with E-state index in [9.17, 15) is 13.6 Å². The van der Waals surface area contributed by atoms with E-state index in [1.165, 1.54) is 31.5 Å². The van der Waals surface area contributed by atoms with E-state index in [1.807, 2.05) is 0 Å². The Labute approximate surface area is 107 Å².